The Labute approximate surface area is 129 Å². The van der Waals surface area contributed by atoms with Gasteiger partial charge in [0.1, 0.15) is 5.52 Å². The molecule has 0 aliphatic carbocycles. The van der Waals surface area contributed by atoms with Crippen molar-refractivity contribution in [3.05, 3.63) is 42.0 Å². The first kappa shape index (κ1) is 13.2. The zero-order valence-electron chi connectivity index (χ0n) is 12.7. The second-order valence-electron chi connectivity index (χ2n) is 5.96. The fourth-order valence-electron chi connectivity index (χ4n) is 3.11. The highest BCUT2D eigenvalue weighted by molar-refractivity contribution is 5.82. The topological polar surface area (TPSA) is 55.3 Å². The highest BCUT2D eigenvalue weighted by Gasteiger charge is 2.19. The zero-order chi connectivity index (χ0) is 15.1. The van der Waals surface area contributed by atoms with Crippen LogP contribution >= 0.6 is 0 Å². The molecule has 0 radical (unpaired) electrons. The van der Waals surface area contributed by atoms with E-state index in [1.807, 2.05) is 30.3 Å². The first-order chi connectivity index (χ1) is 10.7. The van der Waals surface area contributed by atoms with Crippen molar-refractivity contribution in [2.45, 2.75) is 19.8 Å². The summed E-state index contributed by atoms with van der Waals surface area (Å²) in [6, 6.07) is 12.1. The van der Waals surface area contributed by atoms with Crippen molar-refractivity contribution in [3.8, 4) is 11.5 Å². The minimum absolute atomic E-state index is 0.648. The van der Waals surface area contributed by atoms with E-state index in [0.717, 1.165) is 41.1 Å². The Balaban J connectivity index is 1.87. The molecule has 4 rings (SSSR count). The van der Waals surface area contributed by atoms with Crippen LogP contribution in [0.4, 0.5) is 11.4 Å². The number of nitrogen functional groups attached to an aromatic ring is 1. The largest absolute Gasteiger partial charge is 0.436 e. The summed E-state index contributed by atoms with van der Waals surface area (Å²) in [7, 11) is 0. The number of fused-ring (bicyclic) bond motifs is 1. The van der Waals surface area contributed by atoms with Gasteiger partial charge in [0.15, 0.2) is 5.58 Å². The van der Waals surface area contributed by atoms with Crippen LogP contribution in [0.1, 0.15) is 18.4 Å². The van der Waals surface area contributed by atoms with Crippen LogP contribution in [-0.2, 0) is 0 Å². The summed E-state index contributed by atoms with van der Waals surface area (Å²) in [5.41, 5.74) is 11.8. The molecule has 1 saturated heterocycles. The van der Waals surface area contributed by atoms with Crippen LogP contribution in [0.25, 0.3) is 22.6 Å². The van der Waals surface area contributed by atoms with Gasteiger partial charge in [-0.2, -0.15) is 0 Å². The predicted molar refractivity (Wildman–Crippen MR) is 90.0 cm³/mol. The molecule has 2 aromatic carbocycles. The maximum atomic E-state index is 5.99. The van der Waals surface area contributed by atoms with Crippen molar-refractivity contribution < 1.29 is 4.42 Å². The molecule has 0 unspecified atom stereocenters. The summed E-state index contributed by atoms with van der Waals surface area (Å²) in [4.78, 5) is 7.05. The summed E-state index contributed by atoms with van der Waals surface area (Å²) in [5, 5.41) is 0. The van der Waals surface area contributed by atoms with E-state index in [1.54, 1.807) is 0 Å². The molecule has 0 atom stereocenters. The molecule has 2 N–H and O–H groups in total. The van der Waals surface area contributed by atoms with E-state index in [0.29, 0.717) is 5.89 Å². The van der Waals surface area contributed by atoms with Gasteiger partial charge < -0.3 is 15.1 Å². The standard InChI is InChI=1S/C18H19N3O/c1-12-4-7-17-15(10-12)20-18(22-17)14-11-13(19)5-6-16(14)21-8-2-3-9-21/h4-7,10-11H,2-3,8-9,19H2,1H3. The Kier molecular flexibility index (Phi) is 3.03. The van der Waals surface area contributed by atoms with Gasteiger partial charge in [-0.25, -0.2) is 4.98 Å². The van der Waals surface area contributed by atoms with Crippen LogP contribution in [0, 0.1) is 6.92 Å². The van der Waals surface area contributed by atoms with Gasteiger partial charge in [-0.05, 0) is 55.7 Å². The summed E-state index contributed by atoms with van der Waals surface area (Å²) in [6.45, 7) is 4.22. The van der Waals surface area contributed by atoms with Gasteiger partial charge in [0.05, 0.1) is 5.56 Å². The van der Waals surface area contributed by atoms with Gasteiger partial charge in [0.2, 0.25) is 5.89 Å². The predicted octanol–water partition coefficient (Wildman–Crippen LogP) is 3.99. The van der Waals surface area contributed by atoms with Gasteiger partial charge in [-0.1, -0.05) is 6.07 Å². The Morgan fingerprint density at radius 1 is 1.09 bits per heavy atom. The van der Waals surface area contributed by atoms with Crippen molar-refractivity contribution in [2.24, 2.45) is 0 Å². The molecule has 0 spiro atoms. The molecule has 0 bridgehead atoms. The number of aryl methyl sites for hydroxylation is 1. The molecule has 1 fully saturated rings. The zero-order valence-corrected chi connectivity index (χ0v) is 12.7. The third-order valence-electron chi connectivity index (χ3n) is 4.24. The average Bonchev–Trinajstić information content (AvgIpc) is 3.15. The summed E-state index contributed by atoms with van der Waals surface area (Å²) in [5.74, 6) is 0.648. The Morgan fingerprint density at radius 3 is 2.73 bits per heavy atom. The summed E-state index contributed by atoms with van der Waals surface area (Å²) in [6.07, 6.45) is 2.47. The molecular weight excluding hydrogens is 274 g/mol. The van der Waals surface area contributed by atoms with Gasteiger partial charge in [-0.3, -0.25) is 0 Å². The number of hydrogen-bond acceptors (Lipinski definition) is 4. The third-order valence-corrected chi connectivity index (χ3v) is 4.24. The minimum Gasteiger partial charge on any atom is -0.436 e. The molecule has 4 nitrogen and oxygen atoms in total. The molecule has 1 aromatic heterocycles. The Morgan fingerprint density at radius 2 is 1.91 bits per heavy atom. The van der Waals surface area contributed by atoms with Crippen LogP contribution in [0.3, 0.4) is 0 Å². The molecular formula is C18H19N3O. The molecule has 4 heteroatoms. The van der Waals surface area contributed by atoms with Gasteiger partial charge in [0, 0.05) is 24.5 Å². The lowest BCUT2D eigenvalue weighted by molar-refractivity contribution is 0.619. The van der Waals surface area contributed by atoms with Crippen molar-refractivity contribution in [3.63, 3.8) is 0 Å². The lowest BCUT2D eigenvalue weighted by Gasteiger charge is -2.20. The number of nitrogens with zero attached hydrogens (tertiary/aromatic N) is 2. The maximum Gasteiger partial charge on any atom is 0.229 e. The normalized spacial score (nSPS) is 14.9. The first-order valence-electron chi connectivity index (χ1n) is 7.73. The maximum absolute atomic E-state index is 5.99. The number of oxazole rings is 1. The van der Waals surface area contributed by atoms with E-state index in [2.05, 4.69) is 22.9 Å². The van der Waals surface area contributed by atoms with Crippen LogP contribution < -0.4 is 10.6 Å². The lowest BCUT2D eigenvalue weighted by Crippen LogP contribution is -2.18. The van der Waals surface area contributed by atoms with Crippen LogP contribution in [0.2, 0.25) is 0 Å². The van der Waals surface area contributed by atoms with E-state index in [1.165, 1.54) is 18.4 Å². The van der Waals surface area contributed by atoms with E-state index in [4.69, 9.17) is 10.2 Å². The van der Waals surface area contributed by atoms with Gasteiger partial charge >= 0.3 is 0 Å². The molecule has 1 aliphatic heterocycles. The smallest absolute Gasteiger partial charge is 0.229 e. The van der Waals surface area contributed by atoms with Crippen LogP contribution in [-0.4, -0.2) is 18.1 Å². The quantitative estimate of drug-likeness (QED) is 0.726. The molecule has 2 heterocycles. The molecule has 1 aliphatic rings. The van der Waals surface area contributed by atoms with Crippen molar-refractivity contribution in [2.75, 3.05) is 23.7 Å². The van der Waals surface area contributed by atoms with Gasteiger partial charge in [0.25, 0.3) is 0 Å². The van der Waals surface area contributed by atoms with Crippen molar-refractivity contribution in [1.82, 2.24) is 4.98 Å². The number of nitrogens with two attached hydrogens (primary N) is 1. The molecule has 0 saturated carbocycles. The Bertz CT molecular complexity index is 831. The number of rotatable bonds is 2. The number of hydrogen-bond donors (Lipinski definition) is 1. The van der Waals surface area contributed by atoms with Crippen LogP contribution in [0.5, 0.6) is 0 Å². The molecule has 22 heavy (non-hydrogen) atoms. The highest BCUT2D eigenvalue weighted by atomic mass is 16.3. The lowest BCUT2D eigenvalue weighted by atomic mass is 10.1. The van der Waals surface area contributed by atoms with Crippen molar-refractivity contribution >= 4 is 22.5 Å². The van der Waals surface area contributed by atoms with E-state index in [9.17, 15) is 0 Å². The second-order valence-corrected chi connectivity index (χ2v) is 5.96. The van der Waals surface area contributed by atoms with Crippen LogP contribution in [0.15, 0.2) is 40.8 Å². The first-order valence-corrected chi connectivity index (χ1v) is 7.73. The van der Waals surface area contributed by atoms with Gasteiger partial charge in [-0.15, -0.1) is 0 Å². The average molecular weight is 293 g/mol. The molecule has 112 valence electrons. The molecule has 3 aromatic rings. The second kappa shape index (κ2) is 5.05. The third kappa shape index (κ3) is 2.21. The number of benzene rings is 2. The minimum atomic E-state index is 0.648. The van der Waals surface area contributed by atoms with Crippen molar-refractivity contribution in [1.29, 1.82) is 0 Å². The van der Waals surface area contributed by atoms with E-state index >= 15 is 0 Å². The van der Waals surface area contributed by atoms with E-state index in [-0.39, 0.29) is 0 Å². The Hall–Kier alpha value is -2.49. The SMILES string of the molecule is Cc1ccc2oc(-c3cc(N)ccc3N3CCCC3)nc2c1. The number of aromatic nitrogens is 1. The fraction of sp³-hybridized carbons (Fsp3) is 0.278. The monoisotopic (exact) mass is 293 g/mol. The summed E-state index contributed by atoms with van der Waals surface area (Å²) >= 11 is 0. The number of anilines is 2. The summed E-state index contributed by atoms with van der Waals surface area (Å²) < 4.78 is 5.97. The fourth-order valence-corrected chi connectivity index (χ4v) is 3.11. The van der Waals surface area contributed by atoms with E-state index < -0.39 is 0 Å². The highest BCUT2D eigenvalue weighted by Crippen LogP contribution is 2.35. The molecule has 0 amide bonds.